The molecule has 6 heteroatoms. The number of alkyl halides is 3. The number of hydrogen-bond donors (Lipinski definition) is 1. The van der Waals surface area contributed by atoms with Gasteiger partial charge < -0.3 is 10.5 Å². The maximum atomic E-state index is 12.7. The van der Waals surface area contributed by atoms with Crippen molar-refractivity contribution in [3.63, 3.8) is 0 Å². The molecule has 1 aliphatic rings. The highest BCUT2D eigenvalue weighted by molar-refractivity contribution is 5.39. The number of ether oxygens (including phenoxy) is 1. The standard InChI is InChI=1S/C13H17F3N2O/c1-19-5-4-18-8-9-2-3-10(13(14,15)16)6-11(9)12(18)7-17/h2-3,6,12H,4-5,7-8,17H2,1H3. The zero-order chi connectivity index (χ0) is 14.0. The quantitative estimate of drug-likeness (QED) is 0.914. The minimum atomic E-state index is -4.31. The van der Waals surface area contributed by atoms with E-state index in [9.17, 15) is 13.2 Å². The molecule has 1 heterocycles. The Labute approximate surface area is 110 Å². The lowest BCUT2D eigenvalue weighted by atomic mass is 10.0. The van der Waals surface area contributed by atoms with Crippen LogP contribution in [0.3, 0.4) is 0 Å². The first kappa shape index (κ1) is 14.3. The molecule has 0 radical (unpaired) electrons. The lowest BCUT2D eigenvalue weighted by Crippen LogP contribution is -2.30. The molecule has 0 amide bonds. The second-order valence-corrected chi connectivity index (χ2v) is 4.63. The third-order valence-electron chi connectivity index (χ3n) is 3.45. The summed E-state index contributed by atoms with van der Waals surface area (Å²) in [4.78, 5) is 2.05. The van der Waals surface area contributed by atoms with E-state index in [-0.39, 0.29) is 6.04 Å². The monoisotopic (exact) mass is 274 g/mol. The van der Waals surface area contributed by atoms with Crippen molar-refractivity contribution in [3.8, 4) is 0 Å². The number of benzene rings is 1. The van der Waals surface area contributed by atoms with Gasteiger partial charge in [-0.15, -0.1) is 0 Å². The Kier molecular flexibility index (Phi) is 4.13. The van der Waals surface area contributed by atoms with E-state index in [4.69, 9.17) is 10.5 Å². The van der Waals surface area contributed by atoms with Crippen molar-refractivity contribution in [2.75, 3.05) is 26.8 Å². The molecule has 19 heavy (non-hydrogen) atoms. The average molecular weight is 274 g/mol. The van der Waals surface area contributed by atoms with Crippen LogP contribution in [0.25, 0.3) is 0 Å². The number of methoxy groups -OCH3 is 1. The normalized spacial score (nSPS) is 19.7. The summed E-state index contributed by atoms with van der Waals surface area (Å²) in [5, 5.41) is 0. The van der Waals surface area contributed by atoms with Gasteiger partial charge >= 0.3 is 6.18 Å². The van der Waals surface area contributed by atoms with Gasteiger partial charge in [0, 0.05) is 32.8 Å². The summed E-state index contributed by atoms with van der Waals surface area (Å²) in [7, 11) is 1.60. The highest BCUT2D eigenvalue weighted by Crippen LogP contribution is 2.37. The molecule has 0 bridgehead atoms. The number of nitrogens with zero attached hydrogens (tertiary/aromatic N) is 1. The molecule has 106 valence electrons. The van der Waals surface area contributed by atoms with Gasteiger partial charge in [0.2, 0.25) is 0 Å². The topological polar surface area (TPSA) is 38.5 Å². The highest BCUT2D eigenvalue weighted by atomic mass is 19.4. The van der Waals surface area contributed by atoms with Crippen LogP contribution in [-0.4, -0.2) is 31.7 Å². The molecule has 1 atom stereocenters. The lowest BCUT2D eigenvalue weighted by molar-refractivity contribution is -0.137. The first-order valence-electron chi connectivity index (χ1n) is 6.10. The van der Waals surface area contributed by atoms with Crippen LogP contribution in [0.2, 0.25) is 0 Å². The molecule has 1 aliphatic heterocycles. The van der Waals surface area contributed by atoms with Gasteiger partial charge in [-0.3, -0.25) is 4.90 Å². The van der Waals surface area contributed by atoms with Crippen molar-refractivity contribution in [3.05, 3.63) is 34.9 Å². The molecule has 1 aromatic rings. The van der Waals surface area contributed by atoms with Crippen LogP contribution in [-0.2, 0) is 17.5 Å². The van der Waals surface area contributed by atoms with E-state index in [1.54, 1.807) is 13.2 Å². The summed E-state index contributed by atoms with van der Waals surface area (Å²) in [6, 6.07) is 3.74. The fourth-order valence-corrected chi connectivity index (χ4v) is 2.47. The van der Waals surface area contributed by atoms with Gasteiger partial charge in [-0.2, -0.15) is 13.2 Å². The molecule has 2 N–H and O–H groups in total. The first-order chi connectivity index (χ1) is 8.97. The second-order valence-electron chi connectivity index (χ2n) is 4.63. The van der Waals surface area contributed by atoms with Crippen LogP contribution < -0.4 is 5.73 Å². The van der Waals surface area contributed by atoms with Gasteiger partial charge in [0.15, 0.2) is 0 Å². The number of fused-ring (bicyclic) bond motifs is 1. The fourth-order valence-electron chi connectivity index (χ4n) is 2.47. The van der Waals surface area contributed by atoms with Crippen molar-refractivity contribution in [2.24, 2.45) is 5.73 Å². The molecular formula is C13H17F3N2O. The zero-order valence-corrected chi connectivity index (χ0v) is 10.7. The molecule has 0 saturated carbocycles. The van der Waals surface area contributed by atoms with Crippen LogP contribution in [0.1, 0.15) is 22.7 Å². The summed E-state index contributed by atoms with van der Waals surface area (Å²) in [6.45, 7) is 2.13. The third kappa shape index (κ3) is 2.91. The molecule has 1 aromatic carbocycles. The number of halogens is 3. The largest absolute Gasteiger partial charge is 0.416 e. The van der Waals surface area contributed by atoms with Gasteiger partial charge in [-0.25, -0.2) is 0 Å². The van der Waals surface area contributed by atoms with E-state index in [2.05, 4.69) is 0 Å². The number of hydrogen-bond acceptors (Lipinski definition) is 3. The Balaban J connectivity index is 2.27. The first-order valence-corrected chi connectivity index (χ1v) is 6.10. The molecule has 2 rings (SSSR count). The number of rotatable bonds is 4. The van der Waals surface area contributed by atoms with E-state index in [1.165, 1.54) is 6.07 Å². The lowest BCUT2D eigenvalue weighted by Gasteiger charge is -2.23. The molecule has 0 aromatic heterocycles. The van der Waals surface area contributed by atoms with E-state index in [0.717, 1.165) is 11.6 Å². The van der Waals surface area contributed by atoms with Crippen LogP contribution in [0.15, 0.2) is 18.2 Å². The maximum absolute atomic E-state index is 12.7. The highest BCUT2D eigenvalue weighted by Gasteiger charge is 2.35. The van der Waals surface area contributed by atoms with E-state index in [1.807, 2.05) is 4.90 Å². The van der Waals surface area contributed by atoms with Crippen LogP contribution in [0.5, 0.6) is 0 Å². The Hall–Kier alpha value is -1.11. The van der Waals surface area contributed by atoms with Gasteiger partial charge in [-0.05, 0) is 23.3 Å². The predicted octanol–water partition coefficient (Wildman–Crippen LogP) is 2.17. The smallest absolute Gasteiger partial charge is 0.383 e. The Bertz CT molecular complexity index is 448. The van der Waals surface area contributed by atoms with Gasteiger partial charge in [0.25, 0.3) is 0 Å². The summed E-state index contributed by atoms with van der Waals surface area (Å²) < 4.78 is 43.2. The van der Waals surface area contributed by atoms with Crippen molar-refractivity contribution >= 4 is 0 Å². The van der Waals surface area contributed by atoms with Gasteiger partial charge in [0.1, 0.15) is 0 Å². The molecule has 0 aliphatic carbocycles. The SMILES string of the molecule is COCCN1Cc2ccc(C(F)(F)F)cc2C1CN. The third-order valence-corrected chi connectivity index (χ3v) is 3.45. The molecule has 0 saturated heterocycles. The Morgan fingerprint density at radius 2 is 2.16 bits per heavy atom. The van der Waals surface area contributed by atoms with Crippen molar-refractivity contribution in [1.29, 1.82) is 0 Å². The minimum absolute atomic E-state index is 0.160. The summed E-state index contributed by atoms with van der Waals surface area (Å²) >= 11 is 0. The second kappa shape index (κ2) is 5.48. The summed E-state index contributed by atoms with van der Waals surface area (Å²) in [6.07, 6.45) is -4.31. The molecular weight excluding hydrogens is 257 g/mol. The molecule has 3 nitrogen and oxygen atoms in total. The van der Waals surface area contributed by atoms with Gasteiger partial charge in [-0.1, -0.05) is 6.07 Å². The Morgan fingerprint density at radius 3 is 2.74 bits per heavy atom. The van der Waals surface area contributed by atoms with Crippen molar-refractivity contribution < 1.29 is 17.9 Å². The molecule has 0 spiro atoms. The van der Waals surface area contributed by atoms with Crippen LogP contribution >= 0.6 is 0 Å². The molecule has 1 unspecified atom stereocenters. The van der Waals surface area contributed by atoms with E-state index >= 15 is 0 Å². The number of nitrogens with two attached hydrogens (primary N) is 1. The van der Waals surface area contributed by atoms with Crippen molar-refractivity contribution in [1.82, 2.24) is 4.90 Å². The van der Waals surface area contributed by atoms with Crippen LogP contribution in [0, 0.1) is 0 Å². The van der Waals surface area contributed by atoms with Crippen molar-refractivity contribution in [2.45, 2.75) is 18.8 Å². The van der Waals surface area contributed by atoms with Gasteiger partial charge in [0.05, 0.1) is 12.2 Å². The summed E-state index contributed by atoms with van der Waals surface area (Å²) in [5.74, 6) is 0. The fraction of sp³-hybridized carbons (Fsp3) is 0.538. The van der Waals surface area contributed by atoms with E-state index < -0.39 is 11.7 Å². The Morgan fingerprint density at radius 1 is 1.42 bits per heavy atom. The maximum Gasteiger partial charge on any atom is 0.416 e. The predicted molar refractivity (Wildman–Crippen MR) is 65.5 cm³/mol. The molecule has 0 fully saturated rings. The summed E-state index contributed by atoms with van der Waals surface area (Å²) in [5.41, 5.74) is 6.70. The zero-order valence-electron chi connectivity index (χ0n) is 10.7. The average Bonchev–Trinajstić information content (AvgIpc) is 2.71. The van der Waals surface area contributed by atoms with E-state index in [0.29, 0.717) is 31.8 Å². The van der Waals surface area contributed by atoms with Crippen LogP contribution in [0.4, 0.5) is 13.2 Å². The minimum Gasteiger partial charge on any atom is -0.383 e.